The van der Waals surface area contributed by atoms with Gasteiger partial charge in [0.25, 0.3) is 0 Å². The molecule has 19 heavy (non-hydrogen) atoms. The van der Waals surface area contributed by atoms with Crippen LogP contribution in [0.15, 0.2) is 23.8 Å². The van der Waals surface area contributed by atoms with E-state index < -0.39 is 0 Å². The SMILES string of the molecule is C=C1CCC(=O)[C@@H](OC)[C@@H]1[C@@]1(C)O[C@@H]1CC=C(C)C. The van der Waals surface area contributed by atoms with E-state index in [2.05, 4.69) is 33.4 Å². The second-order valence-corrected chi connectivity index (χ2v) is 6.07. The van der Waals surface area contributed by atoms with E-state index in [0.29, 0.717) is 6.42 Å². The van der Waals surface area contributed by atoms with Crippen LogP contribution in [0.4, 0.5) is 0 Å². The second kappa shape index (κ2) is 5.22. The molecule has 1 aliphatic heterocycles. The molecule has 1 heterocycles. The lowest BCUT2D eigenvalue weighted by Crippen LogP contribution is -2.44. The molecule has 0 unspecified atom stereocenters. The van der Waals surface area contributed by atoms with Gasteiger partial charge in [-0.2, -0.15) is 0 Å². The molecule has 2 rings (SSSR count). The molecule has 0 amide bonds. The van der Waals surface area contributed by atoms with Crippen molar-refractivity contribution >= 4 is 5.78 Å². The Kier molecular flexibility index (Phi) is 3.98. The molecular formula is C16H24O3. The first kappa shape index (κ1) is 14.5. The molecule has 0 N–H and O–H groups in total. The van der Waals surface area contributed by atoms with Gasteiger partial charge in [0.15, 0.2) is 5.78 Å². The first-order valence-electron chi connectivity index (χ1n) is 6.94. The van der Waals surface area contributed by atoms with Gasteiger partial charge in [0.2, 0.25) is 0 Å². The van der Waals surface area contributed by atoms with Crippen molar-refractivity contribution in [2.24, 2.45) is 5.92 Å². The molecule has 1 saturated heterocycles. The van der Waals surface area contributed by atoms with Gasteiger partial charge in [-0.25, -0.2) is 0 Å². The standard InChI is InChI=1S/C16H24O3/c1-10(2)6-9-13-16(4,19-13)14-11(3)7-8-12(17)15(14)18-5/h6,13-15H,3,7-9H2,1-2,4-5H3/t13-,14-,15-,16+/m1/s1. The number of ketones is 1. The highest BCUT2D eigenvalue weighted by molar-refractivity contribution is 5.85. The van der Waals surface area contributed by atoms with Crippen molar-refractivity contribution in [2.75, 3.05) is 7.11 Å². The summed E-state index contributed by atoms with van der Waals surface area (Å²) in [5, 5.41) is 0. The summed E-state index contributed by atoms with van der Waals surface area (Å²) in [5.74, 6) is 0.173. The zero-order valence-electron chi connectivity index (χ0n) is 12.4. The summed E-state index contributed by atoms with van der Waals surface area (Å²) in [6, 6.07) is 0. The Bertz CT molecular complexity index is 420. The second-order valence-electron chi connectivity index (χ2n) is 6.07. The van der Waals surface area contributed by atoms with Crippen LogP contribution in [0.2, 0.25) is 0 Å². The quantitative estimate of drug-likeness (QED) is 0.578. The Hall–Kier alpha value is -0.930. The van der Waals surface area contributed by atoms with E-state index in [9.17, 15) is 4.79 Å². The summed E-state index contributed by atoms with van der Waals surface area (Å²) >= 11 is 0. The summed E-state index contributed by atoms with van der Waals surface area (Å²) in [5.41, 5.74) is 2.09. The van der Waals surface area contributed by atoms with E-state index >= 15 is 0 Å². The lowest BCUT2D eigenvalue weighted by Gasteiger charge is -2.34. The molecule has 2 fully saturated rings. The molecule has 2 aliphatic rings. The first-order valence-corrected chi connectivity index (χ1v) is 6.94. The van der Waals surface area contributed by atoms with E-state index in [1.54, 1.807) is 7.11 Å². The van der Waals surface area contributed by atoms with Gasteiger partial charge >= 0.3 is 0 Å². The van der Waals surface area contributed by atoms with Crippen molar-refractivity contribution in [3.05, 3.63) is 23.8 Å². The Morgan fingerprint density at radius 2 is 2.21 bits per heavy atom. The fraction of sp³-hybridized carbons (Fsp3) is 0.688. The van der Waals surface area contributed by atoms with Crippen LogP contribution in [0, 0.1) is 5.92 Å². The smallest absolute Gasteiger partial charge is 0.162 e. The van der Waals surface area contributed by atoms with E-state index in [-0.39, 0.29) is 29.5 Å². The van der Waals surface area contributed by atoms with Crippen LogP contribution in [-0.4, -0.2) is 30.7 Å². The average molecular weight is 264 g/mol. The zero-order chi connectivity index (χ0) is 14.2. The maximum absolute atomic E-state index is 12.0. The Morgan fingerprint density at radius 1 is 1.53 bits per heavy atom. The van der Waals surface area contributed by atoms with Gasteiger partial charge in [-0.3, -0.25) is 4.79 Å². The normalized spacial score (nSPS) is 38.2. The number of hydrogen-bond donors (Lipinski definition) is 0. The first-order chi connectivity index (χ1) is 8.90. The summed E-state index contributed by atoms with van der Waals surface area (Å²) < 4.78 is 11.3. The van der Waals surface area contributed by atoms with Gasteiger partial charge in [-0.1, -0.05) is 23.8 Å². The van der Waals surface area contributed by atoms with Crippen molar-refractivity contribution in [2.45, 2.75) is 57.8 Å². The Morgan fingerprint density at radius 3 is 2.79 bits per heavy atom. The highest BCUT2D eigenvalue weighted by atomic mass is 16.6. The maximum Gasteiger partial charge on any atom is 0.162 e. The zero-order valence-corrected chi connectivity index (χ0v) is 12.4. The third-order valence-electron chi connectivity index (χ3n) is 4.34. The number of allylic oxidation sites excluding steroid dienone is 1. The molecule has 3 heteroatoms. The number of epoxide rings is 1. The van der Waals surface area contributed by atoms with Crippen molar-refractivity contribution in [3.63, 3.8) is 0 Å². The fourth-order valence-electron chi connectivity index (χ4n) is 3.13. The molecular weight excluding hydrogens is 240 g/mol. The minimum Gasteiger partial charge on any atom is -0.373 e. The molecule has 1 aliphatic carbocycles. The Balaban J connectivity index is 2.13. The molecule has 0 radical (unpaired) electrons. The van der Waals surface area contributed by atoms with E-state index in [1.807, 2.05) is 0 Å². The van der Waals surface area contributed by atoms with Crippen molar-refractivity contribution in [3.8, 4) is 0 Å². The third-order valence-corrected chi connectivity index (χ3v) is 4.34. The highest BCUT2D eigenvalue weighted by Gasteiger charge is 2.61. The van der Waals surface area contributed by atoms with Gasteiger partial charge in [0.05, 0.1) is 6.10 Å². The van der Waals surface area contributed by atoms with Crippen LogP contribution < -0.4 is 0 Å². The number of carbonyl (C=O) groups excluding carboxylic acids is 1. The molecule has 4 atom stereocenters. The molecule has 0 aromatic heterocycles. The molecule has 106 valence electrons. The largest absolute Gasteiger partial charge is 0.373 e. The van der Waals surface area contributed by atoms with E-state index in [1.165, 1.54) is 5.57 Å². The lowest BCUT2D eigenvalue weighted by atomic mass is 9.73. The molecule has 0 aromatic rings. The van der Waals surface area contributed by atoms with Crippen LogP contribution in [-0.2, 0) is 14.3 Å². The van der Waals surface area contributed by atoms with E-state index in [4.69, 9.17) is 9.47 Å². The van der Waals surface area contributed by atoms with Crippen molar-refractivity contribution < 1.29 is 14.3 Å². The highest BCUT2D eigenvalue weighted by Crippen LogP contribution is 2.51. The van der Waals surface area contributed by atoms with Crippen molar-refractivity contribution in [1.29, 1.82) is 0 Å². The van der Waals surface area contributed by atoms with E-state index in [0.717, 1.165) is 18.4 Å². The minimum absolute atomic E-state index is 0.00527. The van der Waals surface area contributed by atoms with Crippen LogP contribution in [0.3, 0.4) is 0 Å². The summed E-state index contributed by atoms with van der Waals surface area (Å²) in [6.45, 7) is 10.4. The van der Waals surface area contributed by atoms with Gasteiger partial charge < -0.3 is 9.47 Å². The number of rotatable bonds is 4. The van der Waals surface area contributed by atoms with Crippen LogP contribution in [0.25, 0.3) is 0 Å². The van der Waals surface area contributed by atoms with Gasteiger partial charge in [-0.15, -0.1) is 0 Å². The average Bonchev–Trinajstić information content (AvgIpc) is 3.01. The maximum atomic E-state index is 12.0. The molecule has 0 bridgehead atoms. The van der Waals surface area contributed by atoms with Crippen molar-refractivity contribution in [1.82, 2.24) is 0 Å². The van der Waals surface area contributed by atoms with Crippen LogP contribution in [0.5, 0.6) is 0 Å². The molecule has 0 spiro atoms. The molecule has 1 saturated carbocycles. The Labute approximate surface area is 115 Å². The monoisotopic (exact) mass is 264 g/mol. The number of hydrogen-bond acceptors (Lipinski definition) is 3. The lowest BCUT2D eigenvalue weighted by molar-refractivity contribution is -0.134. The number of methoxy groups -OCH3 is 1. The fourth-order valence-corrected chi connectivity index (χ4v) is 3.13. The molecule has 3 nitrogen and oxygen atoms in total. The van der Waals surface area contributed by atoms with Gasteiger partial charge in [0.1, 0.15) is 11.7 Å². The predicted octanol–water partition coefficient (Wildman–Crippen LogP) is 3.05. The minimum atomic E-state index is -0.386. The summed E-state index contributed by atoms with van der Waals surface area (Å²) in [7, 11) is 1.60. The molecule has 0 aromatic carbocycles. The third kappa shape index (κ3) is 2.67. The summed E-state index contributed by atoms with van der Waals surface area (Å²) in [6.07, 6.45) is 4.18. The number of Topliss-reactive ketones (excluding diaryl/α,β-unsaturated/α-hetero) is 1. The number of ether oxygens (including phenoxy) is 2. The predicted molar refractivity (Wildman–Crippen MR) is 75.0 cm³/mol. The number of carbonyl (C=O) groups is 1. The van der Waals surface area contributed by atoms with Crippen LogP contribution >= 0.6 is 0 Å². The van der Waals surface area contributed by atoms with Gasteiger partial charge in [-0.05, 0) is 33.6 Å². The topological polar surface area (TPSA) is 38.8 Å². The van der Waals surface area contributed by atoms with Gasteiger partial charge in [0, 0.05) is 19.4 Å². The summed E-state index contributed by atoms with van der Waals surface area (Å²) in [4.78, 5) is 12.0. The van der Waals surface area contributed by atoms with Crippen LogP contribution in [0.1, 0.15) is 40.0 Å².